The van der Waals surface area contributed by atoms with E-state index in [1.54, 1.807) is 0 Å². The second-order valence-electron chi connectivity index (χ2n) is 2.78. The van der Waals surface area contributed by atoms with Crippen LogP contribution < -0.4 is 0 Å². The van der Waals surface area contributed by atoms with E-state index in [0.717, 1.165) is 0 Å². The molecule has 0 saturated heterocycles. The van der Waals surface area contributed by atoms with Gasteiger partial charge in [-0.15, -0.1) is 0 Å². The van der Waals surface area contributed by atoms with E-state index in [1.807, 2.05) is 0 Å². The molecule has 2 aromatic heterocycles. The predicted octanol–water partition coefficient (Wildman–Crippen LogP) is 4.20. The molecule has 2 aromatic rings. The Balaban J connectivity index is 2.60. The maximum Gasteiger partial charge on any atom is 0.200 e. The smallest absolute Gasteiger partial charge is 0.200 e. The first-order valence-electron chi connectivity index (χ1n) is 4.06. The molecule has 0 spiro atoms. The molecule has 0 radical (unpaired) electrons. The lowest BCUT2D eigenvalue weighted by Gasteiger charge is -2.03. The summed E-state index contributed by atoms with van der Waals surface area (Å²) in [4.78, 5) is 15.6. The third-order valence-corrected chi connectivity index (χ3v) is 3.12. The van der Waals surface area contributed by atoms with Crippen molar-refractivity contribution in [2.24, 2.45) is 0 Å². The summed E-state index contributed by atoms with van der Waals surface area (Å²) in [5.41, 5.74) is 0. The van der Waals surface area contributed by atoms with Gasteiger partial charge in [0.15, 0.2) is 10.3 Å². The summed E-state index contributed by atoms with van der Waals surface area (Å²) in [7, 11) is 0. The number of hydrogen-bond donors (Lipinski definition) is 0. The molecule has 4 nitrogen and oxygen atoms in total. The summed E-state index contributed by atoms with van der Waals surface area (Å²) in [5.74, 6) is 0.205. The van der Waals surface area contributed by atoms with Gasteiger partial charge in [0.25, 0.3) is 0 Å². The Kier molecular flexibility index (Phi) is 3.90. The molecule has 0 amide bonds. The maximum atomic E-state index is 5.76. The normalized spacial score (nSPS) is 10.6. The largest absolute Gasteiger partial charge is 0.213 e. The standard InChI is InChI=1S/C8HCl5N4/c9-2-1-3(10)15-7(14-2)8-16-5(12)4(11)6(13)17-8/h1H. The molecule has 2 heterocycles. The number of hydrogen-bond acceptors (Lipinski definition) is 4. The van der Waals surface area contributed by atoms with Gasteiger partial charge in [-0.25, -0.2) is 19.9 Å². The van der Waals surface area contributed by atoms with Crippen LogP contribution in [0, 0.1) is 0 Å². The van der Waals surface area contributed by atoms with Crippen molar-refractivity contribution in [2.75, 3.05) is 0 Å². The van der Waals surface area contributed by atoms with Gasteiger partial charge in [-0.05, 0) is 0 Å². The Morgan fingerprint density at radius 3 is 1.53 bits per heavy atom. The Bertz CT molecular complexity index is 545. The van der Waals surface area contributed by atoms with Crippen molar-refractivity contribution in [3.8, 4) is 11.6 Å². The highest BCUT2D eigenvalue weighted by Gasteiger charge is 2.14. The fourth-order valence-electron chi connectivity index (χ4n) is 0.984. The van der Waals surface area contributed by atoms with Crippen LogP contribution in [0.15, 0.2) is 6.07 Å². The molecule has 0 fully saturated rings. The average Bonchev–Trinajstić information content (AvgIpc) is 2.23. The van der Waals surface area contributed by atoms with Crippen LogP contribution in [0.4, 0.5) is 0 Å². The molecular formula is C8HCl5N4. The summed E-state index contributed by atoms with van der Waals surface area (Å²) >= 11 is 28.7. The highest BCUT2D eigenvalue weighted by atomic mass is 35.5. The molecule has 0 N–H and O–H groups in total. The van der Waals surface area contributed by atoms with Gasteiger partial charge < -0.3 is 0 Å². The lowest BCUT2D eigenvalue weighted by molar-refractivity contribution is 1.08. The number of nitrogens with zero attached hydrogens (tertiary/aromatic N) is 4. The van der Waals surface area contributed by atoms with E-state index < -0.39 is 0 Å². The van der Waals surface area contributed by atoms with Crippen molar-refractivity contribution >= 4 is 58.0 Å². The van der Waals surface area contributed by atoms with E-state index in [9.17, 15) is 0 Å². The molecular weight excluding hydrogens is 329 g/mol. The van der Waals surface area contributed by atoms with Crippen molar-refractivity contribution in [1.82, 2.24) is 19.9 Å². The summed E-state index contributed by atoms with van der Waals surface area (Å²) < 4.78 is 0. The van der Waals surface area contributed by atoms with E-state index >= 15 is 0 Å². The van der Waals surface area contributed by atoms with E-state index in [-0.39, 0.29) is 37.3 Å². The van der Waals surface area contributed by atoms with E-state index in [0.29, 0.717) is 0 Å². The van der Waals surface area contributed by atoms with Gasteiger partial charge in [-0.2, -0.15) is 0 Å². The van der Waals surface area contributed by atoms with E-state index in [4.69, 9.17) is 58.0 Å². The lowest BCUT2D eigenvalue weighted by Crippen LogP contribution is -1.97. The van der Waals surface area contributed by atoms with Crippen molar-refractivity contribution < 1.29 is 0 Å². The Morgan fingerprint density at radius 2 is 1.06 bits per heavy atom. The first-order valence-corrected chi connectivity index (χ1v) is 5.95. The first-order chi connectivity index (χ1) is 7.97. The molecule has 0 aliphatic carbocycles. The van der Waals surface area contributed by atoms with Crippen LogP contribution in [0.3, 0.4) is 0 Å². The van der Waals surface area contributed by atoms with Crippen molar-refractivity contribution in [2.45, 2.75) is 0 Å². The molecule has 0 unspecified atom stereocenters. The summed E-state index contributed by atoms with van der Waals surface area (Å²) in [5, 5.41) is 0.379. The van der Waals surface area contributed by atoms with E-state index in [2.05, 4.69) is 19.9 Å². The van der Waals surface area contributed by atoms with Crippen LogP contribution in [-0.4, -0.2) is 19.9 Å². The molecule has 17 heavy (non-hydrogen) atoms. The summed E-state index contributed by atoms with van der Waals surface area (Å²) in [6, 6.07) is 1.38. The number of aromatic nitrogens is 4. The van der Waals surface area contributed by atoms with Crippen LogP contribution in [0.25, 0.3) is 11.6 Å². The van der Waals surface area contributed by atoms with Gasteiger partial charge in [-0.1, -0.05) is 58.0 Å². The average molecular weight is 330 g/mol. The monoisotopic (exact) mass is 328 g/mol. The third kappa shape index (κ3) is 2.89. The second-order valence-corrected chi connectivity index (χ2v) is 4.65. The number of rotatable bonds is 1. The third-order valence-electron chi connectivity index (χ3n) is 1.63. The molecule has 9 heteroatoms. The highest BCUT2D eigenvalue weighted by molar-refractivity contribution is 6.47. The van der Waals surface area contributed by atoms with Gasteiger partial charge >= 0.3 is 0 Å². The van der Waals surface area contributed by atoms with Crippen LogP contribution in [0.2, 0.25) is 25.6 Å². The highest BCUT2D eigenvalue weighted by Crippen LogP contribution is 2.29. The number of halogens is 5. The Hall–Kier alpha value is -0.390. The fourth-order valence-corrected chi connectivity index (χ4v) is 1.88. The lowest BCUT2D eigenvalue weighted by atomic mass is 10.5. The maximum absolute atomic E-state index is 5.76. The molecule has 0 aliphatic rings. The Labute approximate surface area is 121 Å². The predicted molar refractivity (Wildman–Crippen MR) is 68.1 cm³/mol. The van der Waals surface area contributed by atoms with Gasteiger partial charge in [0.05, 0.1) is 0 Å². The summed E-state index contributed by atoms with van der Waals surface area (Å²) in [6.45, 7) is 0. The minimum Gasteiger partial charge on any atom is -0.213 e. The van der Waals surface area contributed by atoms with Crippen molar-refractivity contribution in [3.63, 3.8) is 0 Å². The topological polar surface area (TPSA) is 51.6 Å². The minimum atomic E-state index is 0.00126. The zero-order valence-electron chi connectivity index (χ0n) is 7.76. The molecule has 0 saturated carbocycles. The Morgan fingerprint density at radius 1 is 0.647 bits per heavy atom. The minimum absolute atomic E-state index is 0.00126. The SMILES string of the molecule is Clc1cc(Cl)nc(-c2nc(Cl)c(Cl)c(Cl)n2)n1. The molecule has 0 atom stereocenters. The second kappa shape index (κ2) is 5.08. The van der Waals surface area contributed by atoms with Crippen LogP contribution in [-0.2, 0) is 0 Å². The molecule has 0 aliphatic heterocycles. The zero-order chi connectivity index (χ0) is 12.6. The van der Waals surface area contributed by atoms with E-state index in [1.165, 1.54) is 6.07 Å². The van der Waals surface area contributed by atoms with Crippen molar-refractivity contribution in [3.05, 3.63) is 31.7 Å². The van der Waals surface area contributed by atoms with Gasteiger partial charge in [0.1, 0.15) is 15.3 Å². The van der Waals surface area contributed by atoms with Crippen molar-refractivity contribution in [1.29, 1.82) is 0 Å². The molecule has 0 aromatic carbocycles. The molecule has 2 rings (SSSR count). The van der Waals surface area contributed by atoms with Gasteiger partial charge in [0, 0.05) is 6.07 Å². The van der Waals surface area contributed by atoms with Gasteiger partial charge in [-0.3, -0.25) is 0 Å². The quantitative estimate of drug-likeness (QED) is 0.735. The fraction of sp³-hybridized carbons (Fsp3) is 0. The summed E-state index contributed by atoms with van der Waals surface area (Å²) in [6.07, 6.45) is 0. The van der Waals surface area contributed by atoms with Gasteiger partial charge in [0.2, 0.25) is 11.6 Å². The van der Waals surface area contributed by atoms with Crippen LogP contribution >= 0.6 is 58.0 Å². The molecule has 0 bridgehead atoms. The molecule has 88 valence electrons. The van der Waals surface area contributed by atoms with Crippen LogP contribution in [0.5, 0.6) is 0 Å². The van der Waals surface area contributed by atoms with Crippen LogP contribution in [0.1, 0.15) is 0 Å². The zero-order valence-corrected chi connectivity index (χ0v) is 11.5. The first kappa shape index (κ1) is 13.1.